The first-order chi connectivity index (χ1) is 6.54. The Morgan fingerprint density at radius 2 is 2.14 bits per heavy atom. The molecule has 0 heterocycles. The number of carboxylic acids is 1. The van der Waals surface area contributed by atoms with Gasteiger partial charge in [0.2, 0.25) is 0 Å². The van der Waals surface area contributed by atoms with E-state index < -0.39 is 5.97 Å². The van der Waals surface area contributed by atoms with E-state index >= 15 is 0 Å². The Bertz CT molecular complexity index is 197. The number of carboxylic acid groups (broad SMARTS) is 1. The second-order valence-corrected chi connectivity index (χ2v) is 3.93. The molecule has 0 saturated carbocycles. The van der Waals surface area contributed by atoms with Crippen LogP contribution >= 0.6 is 0 Å². The van der Waals surface area contributed by atoms with Crippen molar-refractivity contribution in [2.75, 3.05) is 13.1 Å². The van der Waals surface area contributed by atoms with E-state index in [-0.39, 0.29) is 0 Å². The molecule has 0 atom stereocenters. The van der Waals surface area contributed by atoms with Gasteiger partial charge in [-0.15, -0.1) is 0 Å². The van der Waals surface area contributed by atoms with E-state index in [0.29, 0.717) is 12.1 Å². The molecule has 0 aromatic heterocycles. The summed E-state index contributed by atoms with van der Waals surface area (Å²) in [6.07, 6.45) is 4.07. The van der Waals surface area contributed by atoms with E-state index in [1.165, 1.54) is 6.42 Å². The van der Waals surface area contributed by atoms with Crippen molar-refractivity contribution >= 4 is 5.97 Å². The van der Waals surface area contributed by atoms with Gasteiger partial charge in [-0.1, -0.05) is 19.9 Å². The normalized spacial score (nSPS) is 12.1. The monoisotopic (exact) mass is 199 g/mol. The summed E-state index contributed by atoms with van der Waals surface area (Å²) in [5, 5.41) is 11.7. The van der Waals surface area contributed by atoms with Crippen molar-refractivity contribution in [1.29, 1.82) is 0 Å². The lowest BCUT2D eigenvalue weighted by molar-refractivity contribution is -0.132. The molecule has 0 rings (SSSR count). The second-order valence-electron chi connectivity index (χ2n) is 3.93. The van der Waals surface area contributed by atoms with Crippen LogP contribution in [0.1, 0.15) is 33.6 Å². The summed E-state index contributed by atoms with van der Waals surface area (Å²) < 4.78 is 0. The maximum Gasteiger partial charge on any atom is 0.330 e. The average Bonchev–Trinajstić information content (AvgIpc) is 2.09. The Morgan fingerprint density at radius 3 is 2.64 bits per heavy atom. The van der Waals surface area contributed by atoms with Crippen LogP contribution in [0.4, 0.5) is 0 Å². The van der Waals surface area contributed by atoms with Crippen LogP contribution < -0.4 is 5.32 Å². The quantitative estimate of drug-likeness (QED) is 0.487. The Hall–Kier alpha value is -0.830. The first kappa shape index (κ1) is 13.2. The molecule has 0 saturated heterocycles. The predicted molar refractivity (Wildman–Crippen MR) is 58.3 cm³/mol. The van der Waals surface area contributed by atoms with Crippen LogP contribution in [0.3, 0.4) is 0 Å². The van der Waals surface area contributed by atoms with E-state index in [9.17, 15) is 4.79 Å². The van der Waals surface area contributed by atoms with E-state index in [0.717, 1.165) is 18.9 Å². The minimum absolute atomic E-state index is 0.404. The summed E-state index contributed by atoms with van der Waals surface area (Å²) in [6.45, 7) is 7.62. The van der Waals surface area contributed by atoms with Gasteiger partial charge in [-0.2, -0.15) is 0 Å². The highest BCUT2D eigenvalue weighted by atomic mass is 16.4. The Labute approximate surface area is 86.2 Å². The van der Waals surface area contributed by atoms with Crippen LogP contribution in [0.5, 0.6) is 0 Å². The lowest BCUT2D eigenvalue weighted by Gasteiger charge is -2.04. The van der Waals surface area contributed by atoms with Gasteiger partial charge in [-0.25, -0.2) is 4.79 Å². The van der Waals surface area contributed by atoms with E-state index in [4.69, 9.17) is 5.11 Å². The number of hydrogen-bond acceptors (Lipinski definition) is 2. The van der Waals surface area contributed by atoms with Crippen molar-refractivity contribution in [1.82, 2.24) is 5.32 Å². The summed E-state index contributed by atoms with van der Waals surface area (Å²) in [5.41, 5.74) is 0.404. The number of hydrogen-bond donors (Lipinski definition) is 2. The molecule has 0 aromatic carbocycles. The van der Waals surface area contributed by atoms with Crippen molar-refractivity contribution < 1.29 is 9.90 Å². The molecule has 14 heavy (non-hydrogen) atoms. The van der Waals surface area contributed by atoms with Crippen LogP contribution in [-0.2, 0) is 4.79 Å². The molecule has 0 aliphatic heterocycles. The minimum Gasteiger partial charge on any atom is -0.478 e. The lowest BCUT2D eigenvalue weighted by Crippen LogP contribution is -2.16. The highest BCUT2D eigenvalue weighted by Crippen LogP contribution is 2.01. The van der Waals surface area contributed by atoms with Crippen LogP contribution in [0.2, 0.25) is 0 Å². The third-order valence-electron chi connectivity index (χ3n) is 2.02. The molecule has 0 unspecified atom stereocenters. The molecular formula is C11H21NO2. The van der Waals surface area contributed by atoms with Gasteiger partial charge in [-0.3, -0.25) is 0 Å². The van der Waals surface area contributed by atoms with Gasteiger partial charge in [0.05, 0.1) is 0 Å². The van der Waals surface area contributed by atoms with Crippen LogP contribution in [0.15, 0.2) is 11.6 Å². The van der Waals surface area contributed by atoms with Gasteiger partial charge in [0.15, 0.2) is 0 Å². The largest absolute Gasteiger partial charge is 0.478 e. The maximum atomic E-state index is 10.4. The first-order valence-corrected chi connectivity index (χ1v) is 5.14. The van der Waals surface area contributed by atoms with Gasteiger partial charge in [0.25, 0.3) is 0 Å². The smallest absolute Gasteiger partial charge is 0.330 e. The zero-order chi connectivity index (χ0) is 11.0. The van der Waals surface area contributed by atoms with Crippen molar-refractivity contribution in [2.45, 2.75) is 33.6 Å². The van der Waals surface area contributed by atoms with Gasteiger partial charge in [0.1, 0.15) is 0 Å². The van der Waals surface area contributed by atoms with Crippen molar-refractivity contribution in [3.05, 3.63) is 11.6 Å². The standard InChI is InChI=1S/C11H21NO2/c1-9(2)5-4-7-12-8-6-10(3)11(13)14/h6,9,12H,4-5,7-8H2,1-3H3,(H,13,14)/b10-6-. The second kappa shape index (κ2) is 7.56. The highest BCUT2D eigenvalue weighted by molar-refractivity contribution is 5.85. The molecule has 82 valence electrons. The molecule has 0 aromatic rings. The summed E-state index contributed by atoms with van der Waals surface area (Å²) >= 11 is 0. The lowest BCUT2D eigenvalue weighted by atomic mass is 10.1. The third kappa shape index (κ3) is 7.80. The summed E-state index contributed by atoms with van der Waals surface area (Å²) in [6, 6.07) is 0. The molecule has 0 fully saturated rings. The van der Waals surface area contributed by atoms with Crippen molar-refractivity contribution in [3.63, 3.8) is 0 Å². The minimum atomic E-state index is -0.839. The maximum absolute atomic E-state index is 10.4. The molecule has 2 N–H and O–H groups in total. The number of aliphatic carboxylic acids is 1. The van der Waals surface area contributed by atoms with Crippen LogP contribution in [0.25, 0.3) is 0 Å². The third-order valence-corrected chi connectivity index (χ3v) is 2.02. The molecule has 0 aliphatic carbocycles. The van der Waals surface area contributed by atoms with Crippen LogP contribution in [0, 0.1) is 5.92 Å². The van der Waals surface area contributed by atoms with Gasteiger partial charge in [0, 0.05) is 12.1 Å². The van der Waals surface area contributed by atoms with Gasteiger partial charge < -0.3 is 10.4 Å². The zero-order valence-corrected chi connectivity index (χ0v) is 9.34. The topological polar surface area (TPSA) is 49.3 Å². The van der Waals surface area contributed by atoms with Crippen molar-refractivity contribution in [2.24, 2.45) is 5.92 Å². The Kier molecular flexibility index (Phi) is 7.11. The highest BCUT2D eigenvalue weighted by Gasteiger charge is 1.97. The fourth-order valence-corrected chi connectivity index (χ4v) is 1.05. The molecule has 0 bridgehead atoms. The van der Waals surface area contributed by atoms with Crippen LogP contribution in [-0.4, -0.2) is 24.2 Å². The van der Waals surface area contributed by atoms with Gasteiger partial charge in [-0.05, 0) is 32.2 Å². The molecule has 0 amide bonds. The number of nitrogens with one attached hydrogen (secondary N) is 1. The molecule has 0 aliphatic rings. The SMILES string of the molecule is C/C(=C/CNCCCC(C)C)C(=O)O. The first-order valence-electron chi connectivity index (χ1n) is 5.14. The number of carbonyl (C=O) groups is 1. The van der Waals surface area contributed by atoms with Gasteiger partial charge >= 0.3 is 5.97 Å². The van der Waals surface area contributed by atoms with E-state index in [1.807, 2.05) is 0 Å². The Morgan fingerprint density at radius 1 is 1.50 bits per heavy atom. The molecule has 3 nitrogen and oxygen atoms in total. The average molecular weight is 199 g/mol. The molecule has 0 radical (unpaired) electrons. The predicted octanol–water partition coefficient (Wildman–Crippen LogP) is 2.04. The molecule has 3 heteroatoms. The zero-order valence-electron chi connectivity index (χ0n) is 9.34. The fourth-order valence-electron chi connectivity index (χ4n) is 1.05. The summed E-state index contributed by atoms with van der Waals surface area (Å²) in [4.78, 5) is 10.4. The van der Waals surface area contributed by atoms with E-state index in [1.54, 1.807) is 13.0 Å². The Balaban J connectivity index is 3.38. The summed E-state index contributed by atoms with van der Waals surface area (Å²) in [5.74, 6) is -0.0953. The number of rotatable bonds is 7. The molecule has 0 spiro atoms. The molecular weight excluding hydrogens is 178 g/mol. The van der Waals surface area contributed by atoms with E-state index in [2.05, 4.69) is 19.2 Å². The summed E-state index contributed by atoms with van der Waals surface area (Å²) in [7, 11) is 0. The van der Waals surface area contributed by atoms with Crippen molar-refractivity contribution in [3.8, 4) is 0 Å². The fraction of sp³-hybridized carbons (Fsp3) is 0.727.